The molecule has 1 N–H and O–H groups in total. The van der Waals surface area contributed by atoms with Gasteiger partial charge in [0.1, 0.15) is 11.6 Å². The molecule has 7 atom stereocenters. The summed E-state index contributed by atoms with van der Waals surface area (Å²) >= 11 is 6.15. The second kappa shape index (κ2) is 11.3. The van der Waals surface area contributed by atoms with E-state index in [0.29, 0.717) is 29.2 Å². The van der Waals surface area contributed by atoms with Crippen LogP contribution >= 0.6 is 11.6 Å². The molecule has 3 fully saturated rings. The lowest BCUT2D eigenvalue weighted by Gasteiger charge is -2.39. The number of likely N-dealkylation sites (N-methyl/N-ethyl adjacent to an activating group) is 1. The van der Waals surface area contributed by atoms with Crippen LogP contribution < -0.4 is 4.90 Å². The number of likely N-dealkylation sites (tertiary alicyclic amines) is 1. The Morgan fingerprint density at radius 1 is 1.12 bits per heavy atom. The number of anilines is 1. The van der Waals surface area contributed by atoms with Gasteiger partial charge in [-0.2, -0.15) is 0 Å². The molecule has 222 valence electrons. The van der Waals surface area contributed by atoms with Gasteiger partial charge < -0.3 is 24.5 Å². The quantitative estimate of drug-likeness (QED) is 0.417. The Bertz CT molecular complexity index is 1380. The molecule has 2 aromatic carbocycles. The number of hydrogen-bond donors (Lipinski definition) is 1. The molecule has 2 bridgehead atoms. The standard InChI is InChI=1S/C33H38ClN3O5/c1-6-17-35(5)29(39)26-27-30(40)37(25(20-38)22-11-9-8-10-12-22)28(33(27)19-21(3)32(26,4)42-33)31(41)36(18-7-2)24-15-13-23(34)14-16-24/h6-16,21,25-28,38H,1-2,17-20H2,3-5H3/t21?,25-,26-,27+,28?,32+,33?/m1/s1. The maximum Gasteiger partial charge on any atom is 0.253 e. The molecule has 3 unspecified atom stereocenters. The average molecular weight is 592 g/mol. The van der Waals surface area contributed by atoms with Crippen molar-refractivity contribution in [1.82, 2.24) is 9.80 Å². The van der Waals surface area contributed by atoms with Gasteiger partial charge in [-0.15, -0.1) is 13.2 Å². The van der Waals surface area contributed by atoms with Gasteiger partial charge in [0.05, 0.1) is 30.1 Å². The molecule has 8 nitrogen and oxygen atoms in total. The Kier molecular flexibility index (Phi) is 8.09. The van der Waals surface area contributed by atoms with E-state index in [1.165, 1.54) is 4.90 Å². The van der Waals surface area contributed by atoms with Gasteiger partial charge in [-0.25, -0.2) is 0 Å². The molecule has 9 heteroatoms. The van der Waals surface area contributed by atoms with Crippen molar-refractivity contribution in [2.24, 2.45) is 17.8 Å². The highest BCUT2D eigenvalue weighted by Gasteiger charge is 2.80. The topological polar surface area (TPSA) is 90.4 Å². The summed E-state index contributed by atoms with van der Waals surface area (Å²) in [5, 5.41) is 11.3. The molecule has 3 aliphatic rings. The fraction of sp³-hybridized carbons (Fsp3) is 0.424. The Hall–Kier alpha value is -3.46. The van der Waals surface area contributed by atoms with E-state index in [0.717, 1.165) is 0 Å². The fourth-order valence-corrected chi connectivity index (χ4v) is 7.56. The SMILES string of the molecule is C=CCN(C)C(=O)[C@H]1[C@H]2C(=O)N([C@H](CO)c3ccccc3)C(C(=O)N(CC=C)c3ccc(Cl)cc3)C23CC(C)[C@]1(C)O3. The zero-order chi connectivity index (χ0) is 30.4. The summed E-state index contributed by atoms with van der Waals surface area (Å²) < 4.78 is 6.88. The number of halogens is 1. The Morgan fingerprint density at radius 2 is 1.76 bits per heavy atom. The first kappa shape index (κ1) is 30.0. The fourth-order valence-electron chi connectivity index (χ4n) is 7.44. The summed E-state index contributed by atoms with van der Waals surface area (Å²) in [6.07, 6.45) is 3.67. The molecular formula is C33H38ClN3O5. The number of ether oxygens (including phenoxy) is 1. The van der Waals surface area contributed by atoms with Crippen molar-refractivity contribution in [3.63, 3.8) is 0 Å². The van der Waals surface area contributed by atoms with Gasteiger partial charge in [0, 0.05) is 30.8 Å². The molecule has 0 radical (unpaired) electrons. The van der Waals surface area contributed by atoms with Gasteiger partial charge in [0.2, 0.25) is 11.8 Å². The summed E-state index contributed by atoms with van der Waals surface area (Å²) in [5.74, 6) is -2.79. The molecular weight excluding hydrogens is 554 g/mol. The number of benzene rings is 2. The van der Waals surface area contributed by atoms with E-state index in [1.54, 1.807) is 53.3 Å². The van der Waals surface area contributed by atoms with Gasteiger partial charge in [-0.05, 0) is 49.1 Å². The molecule has 3 saturated heterocycles. The molecule has 42 heavy (non-hydrogen) atoms. The molecule has 2 aromatic rings. The van der Waals surface area contributed by atoms with Crippen LogP contribution in [0.25, 0.3) is 0 Å². The smallest absolute Gasteiger partial charge is 0.253 e. The van der Waals surface area contributed by atoms with Crippen molar-refractivity contribution < 1.29 is 24.2 Å². The van der Waals surface area contributed by atoms with E-state index in [4.69, 9.17) is 16.3 Å². The number of nitrogens with zero attached hydrogens (tertiary/aromatic N) is 3. The van der Waals surface area contributed by atoms with Crippen molar-refractivity contribution >= 4 is 35.0 Å². The van der Waals surface area contributed by atoms with Gasteiger partial charge in [0.25, 0.3) is 5.91 Å². The van der Waals surface area contributed by atoms with E-state index in [2.05, 4.69) is 13.2 Å². The van der Waals surface area contributed by atoms with E-state index in [-0.39, 0.29) is 30.2 Å². The summed E-state index contributed by atoms with van der Waals surface area (Å²) in [6, 6.07) is 14.1. The minimum Gasteiger partial charge on any atom is -0.394 e. The summed E-state index contributed by atoms with van der Waals surface area (Å²) in [4.78, 5) is 48.2. The minimum atomic E-state index is -1.27. The first-order chi connectivity index (χ1) is 20.0. The van der Waals surface area contributed by atoms with Crippen LogP contribution in [0.3, 0.4) is 0 Å². The molecule has 0 saturated carbocycles. The van der Waals surface area contributed by atoms with Crippen molar-refractivity contribution in [3.8, 4) is 0 Å². The Balaban J connectivity index is 1.69. The zero-order valence-electron chi connectivity index (χ0n) is 24.3. The first-order valence-corrected chi connectivity index (χ1v) is 14.6. The van der Waals surface area contributed by atoms with E-state index in [1.807, 2.05) is 44.2 Å². The van der Waals surface area contributed by atoms with E-state index >= 15 is 0 Å². The van der Waals surface area contributed by atoms with Crippen LogP contribution in [0.1, 0.15) is 31.9 Å². The van der Waals surface area contributed by atoms with Crippen LogP contribution in [0, 0.1) is 17.8 Å². The molecule has 0 aliphatic carbocycles. The number of amides is 3. The van der Waals surface area contributed by atoms with Crippen LogP contribution in [-0.2, 0) is 19.1 Å². The van der Waals surface area contributed by atoms with E-state index < -0.39 is 41.7 Å². The van der Waals surface area contributed by atoms with E-state index in [9.17, 15) is 19.5 Å². The minimum absolute atomic E-state index is 0.115. The number of carbonyl (C=O) groups is 3. The summed E-state index contributed by atoms with van der Waals surface area (Å²) in [5.41, 5.74) is -0.958. The van der Waals surface area contributed by atoms with Gasteiger partial charge >= 0.3 is 0 Å². The highest BCUT2D eigenvalue weighted by molar-refractivity contribution is 6.30. The predicted molar refractivity (Wildman–Crippen MR) is 162 cm³/mol. The Labute approximate surface area is 252 Å². The largest absolute Gasteiger partial charge is 0.394 e. The highest BCUT2D eigenvalue weighted by Crippen LogP contribution is 2.66. The van der Waals surface area contributed by atoms with Crippen LogP contribution in [-0.4, -0.2) is 76.6 Å². The monoisotopic (exact) mass is 591 g/mol. The lowest BCUT2D eigenvalue weighted by molar-refractivity contribution is -0.153. The first-order valence-electron chi connectivity index (χ1n) is 14.3. The van der Waals surface area contributed by atoms with Crippen LogP contribution in [0.5, 0.6) is 0 Å². The predicted octanol–water partition coefficient (Wildman–Crippen LogP) is 4.25. The van der Waals surface area contributed by atoms with Crippen molar-refractivity contribution in [1.29, 1.82) is 0 Å². The number of aliphatic hydroxyl groups excluding tert-OH is 1. The lowest BCUT2D eigenvalue weighted by Crippen LogP contribution is -2.57. The Morgan fingerprint density at radius 3 is 2.36 bits per heavy atom. The van der Waals surface area contributed by atoms with Gasteiger partial charge in [0.15, 0.2) is 0 Å². The molecule has 3 amide bonds. The zero-order valence-corrected chi connectivity index (χ0v) is 25.0. The maximum absolute atomic E-state index is 14.9. The van der Waals surface area contributed by atoms with Crippen LogP contribution in [0.2, 0.25) is 5.02 Å². The second-order valence-electron chi connectivity index (χ2n) is 11.8. The van der Waals surface area contributed by atoms with Gasteiger partial charge in [-0.1, -0.05) is 61.0 Å². The number of fused-ring (bicyclic) bond motifs is 1. The van der Waals surface area contributed by atoms with Crippen LogP contribution in [0.4, 0.5) is 5.69 Å². The third kappa shape index (κ3) is 4.48. The maximum atomic E-state index is 14.9. The van der Waals surface area contributed by atoms with Crippen molar-refractivity contribution in [2.75, 3.05) is 31.6 Å². The summed E-state index contributed by atoms with van der Waals surface area (Å²) in [7, 11) is 1.68. The van der Waals surface area contributed by atoms with Crippen molar-refractivity contribution in [3.05, 3.63) is 90.5 Å². The molecule has 1 spiro atoms. The molecule has 3 heterocycles. The number of aliphatic hydroxyl groups is 1. The lowest BCUT2D eigenvalue weighted by atomic mass is 9.62. The van der Waals surface area contributed by atoms with Crippen molar-refractivity contribution in [2.45, 2.75) is 43.6 Å². The van der Waals surface area contributed by atoms with Gasteiger partial charge in [-0.3, -0.25) is 14.4 Å². The average Bonchev–Trinajstić information content (AvgIpc) is 3.49. The number of rotatable bonds is 10. The molecule has 0 aromatic heterocycles. The summed E-state index contributed by atoms with van der Waals surface area (Å²) in [6.45, 7) is 11.6. The normalized spacial score (nSPS) is 30.1. The number of hydrogen-bond acceptors (Lipinski definition) is 5. The highest BCUT2D eigenvalue weighted by atomic mass is 35.5. The third-order valence-electron chi connectivity index (χ3n) is 9.44. The molecule has 3 aliphatic heterocycles. The molecule has 5 rings (SSSR count). The van der Waals surface area contributed by atoms with Crippen LogP contribution in [0.15, 0.2) is 79.9 Å². The second-order valence-corrected chi connectivity index (χ2v) is 12.2. The third-order valence-corrected chi connectivity index (χ3v) is 9.69. The number of carbonyl (C=O) groups excluding carboxylic acids is 3.